The Labute approximate surface area is 171 Å². The van der Waals surface area contributed by atoms with Crippen molar-refractivity contribution in [3.63, 3.8) is 0 Å². The summed E-state index contributed by atoms with van der Waals surface area (Å²) in [7, 11) is 2.06. The van der Waals surface area contributed by atoms with Crippen molar-refractivity contribution < 1.29 is 8.98 Å². The summed E-state index contributed by atoms with van der Waals surface area (Å²) in [5.41, 5.74) is 7.30. The van der Waals surface area contributed by atoms with Crippen LogP contribution in [-0.4, -0.2) is 0 Å². The van der Waals surface area contributed by atoms with E-state index in [4.69, 9.17) is 4.42 Å². The first kappa shape index (κ1) is 17.9. The van der Waals surface area contributed by atoms with Crippen LogP contribution in [0, 0.1) is 18.3 Å². The predicted molar refractivity (Wildman–Crippen MR) is 116 cm³/mol. The third kappa shape index (κ3) is 3.00. The molecule has 1 aliphatic carbocycles. The molecule has 1 fully saturated rings. The normalized spacial score (nSPS) is 15.1. The summed E-state index contributed by atoms with van der Waals surface area (Å²) in [6.07, 6.45) is 8.23. The highest BCUT2D eigenvalue weighted by atomic mass is 16.3. The molecule has 2 aromatic carbocycles. The van der Waals surface area contributed by atoms with Crippen LogP contribution in [0.4, 0.5) is 0 Å². The predicted octanol–water partition coefficient (Wildman–Crippen LogP) is 6.31. The fourth-order valence-corrected chi connectivity index (χ4v) is 4.92. The Morgan fingerprint density at radius 3 is 2.52 bits per heavy atom. The van der Waals surface area contributed by atoms with Gasteiger partial charge in [0.25, 0.3) is 0 Å². The van der Waals surface area contributed by atoms with E-state index in [0.717, 1.165) is 33.2 Å². The van der Waals surface area contributed by atoms with E-state index in [1.165, 1.54) is 48.8 Å². The number of furan rings is 1. The summed E-state index contributed by atoms with van der Waals surface area (Å²) < 4.78 is 8.45. The Hall–Kier alpha value is -3.12. The first-order valence-electron chi connectivity index (χ1n) is 10.5. The Bertz CT molecular complexity index is 1270. The number of nitrogens with zero attached hydrogens (tertiary/aromatic N) is 2. The fourth-order valence-electron chi connectivity index (χ4n) is 4.92. The molecule has 5 rings (SSSR count). The Morgan fingerprint density at radius 2 is 1.76 bits per heavy atom. The van der Waals surface area contributed by atoms with Gasteiger partial charge in [-0.1, -0.05) is 19.3 Å². The zero-order valence-electron chi connectivity index (χ0n) is 17.0. The smallest absolute Gasteiger partial charge is 0.212 e. The molecule has 0 saturated heterocycles. The van der Waals surface area contributed by atoms with Crippen molar-refractivity contribution >= 4 is 21.9 Å². The average molecular weight is 381 g/mol. The number of pyridine rings is 1. The third-order valence-corrected chi connectivity index (χ3v) is 6.48. The molecule has 0 N–H and O–H groups in total. The molecular weight excluding hydrogens is 356 g/mol. The summed E-state index contributed by atoms with van der Waals surface area (Å²) >= 11 is 0. The van der Waals surface area contributed by atoms with Crippen molar-refractivity contribution in [2.75, 3.05) is 0 Å². The van der Waals surface area contributed by atoms with Crippen LogP contribution < -0.4 is 4.57 Å². The molecule has 0 amide bonds. The lowest BCUT2D eigenvalue weighted by molar-refractivity contribution is -0.660. The molecule has 4 aromatic rings. The molecule has 144 valence electrons. The third-order valence-electron chi connectivity index (χ3n) is 6.48. The lowest BCUT2D eigenvalue weighted by Gasteiger charge is -2.22. The molecule has 1 aliphatic rings. The van der Waals surface area contributed by atoms with Gasteiger partial charge in [-0.05, 0) is 67.1 Å². The minimum atomic E-state index is 0.483. The van der Waals surface area contributed by atoms with Crippen LogP contribution >= 0.6 is 0 Å². The largest absolute Gasteiger partial charge is 0.456 e. The van der Waals surface area contributed by atoms with Crippen molar-refractivity contribution in [1.29, 1.82) is 5.26 Å². The first-order valence-corrected chi connectivity index (χ1v) is 10.5. The van der Waals surface area contributed by atoms with E-state index in [-0.39, 0.29) is 0 Å². The van der Waals surface area contributed by atoms with Crippen molar-refractivity contribution in [2.45, 2.75) is 44.9 Å². The second-order valence-corrected chi connectivity index (χ2v) is 8.34. The first-order chi connectivity index (χ1) is 14.2. The number of aryl methyl sites for hydroxylation is 2. The van der Waals surface area contributed by atoms with Crippen molar-refractivity contribution in [3.8, 4) is 17.3 Å². The van der Waals surface area contributed by atoms with Gasteiger partial charge in [-0.15, -0.1) is 0 Å². The second kappa shape index (κ2) is 7.04. The molecule has 1 saturated carbocycles. The number of hydrogen-bond donors (Lipinski definition) is 0. The summed E-state index contributed by atoms with van der Waals surface area (Å²) in [6, 6.07) is 17.2. The van der Waals surface area contributed by atoms with Crippen LogP contribution in [0.25, 0.3) is 33.2 Å². The monoisotopic (exact) mass is 381 g/mol. The van der Waals surface area contributed by atoms with Crippen molar-refractivity contribution in [2.24, 2.45) is 7.05 Å². The highest BCUT2D eigenvalue weighted by Crippen LogP contribution is 2.39. The van der Waals surface area contributed by atoms with Gasteiger partial charge in [0.2, 0.25) is 5.69 Å². The number of nitriles is 1. The average Bonchev–Trinajstić information content (AvgIpc) is 3.09. The molecule has 0 atom stereocenters. The molecule has 0 radical (unpaired) electrons. The highest BCUT2D eigenvalue weighted by Gasteiger charge is 2.22. The molecule has 0 aliphatic heterocycles. The number of fused-ring (bicyclic) bond motifs is 3. The van der Waals surface area contributed by atoms with E-state index in [0.29, 0.717) is 5.92 Å². The van der Waals surface area contributed by atoms with E-state index in [9.17, 15) is 5.26 Å². The van der Waals surface area contributed by atoms with Gasteiger partial charge >= 0.3 is 0 Å². The zero-order valence-corrected chi connectivity index (χ0v) is 17.0. The van der Waals surface area contributed by atoms with E-state index < -0.39 is 0 Å². The summed E-state index contributed by atoms with van der Waals surface area (Å²) in [6.45, 7) is 2.14. The summed E-state index contributed by atoms with van der Waals surface area (Å²) in [5, 5.41) is 11.9. The minimum absolute atomic E-state index is 0.483. The number of aromatic nitrogens is 1. The molecule has 3 nitrogen and oxygen atoms in total. The van der Waals surface area contributed by atoms with Gasteiger partial charge in [-0.25, -0.2) is 4.57 Å². The molecule has 2 heterocycles. The van der Waals surface area contributed by atoms with Gasteiger partial charge in [0, 0.05) is 22.9 Å². The fraction of sp³-hybridized carbons (Fsp3) is 0.308. The van der Waals surface area contributed by atoms with Gasteiger partial charge in [0.1, 0.15) is 18.2 Å². The zero-order chi connectivity index (χ0) is 20.0. The number of rotatable bonds is 2. The molecule has 3 heteroatoms. The van der Waals surface area contributed by atoms with Crippen LogP contribution in [0.3, 0.4) is 0 Å². The van der Waals surface area contributed by atoms with Crippen LogP contribution in [-0.2, 0) is 7.05 Å². The van der Waals surface area contributed by atoms with Gasteiger partial charge in [-0.2, -0.15) is 5.26 Å². The number of benzene rings is 2. The van der Waals surface area contributed by atoms with E-state index in [1.54, 1.807) is 0 Å². The van der Waals surface area contributed by atoms with Gasteiger partial charge in [0.05, 0.1) is 17.2 Å². The Kier molecular flexibility index (Phi) is 4.36. The van der Waals surface area contributed by atoms with Crippen molar-refractivity contribution in [3.05, 3.63) is 65.4 Å². The molecule has 29 heavy (non-hydrogen) atoms. The lowest BCUT2D eigenvalue weighted by Crippen LogP contribution is -2.30. The van der Waals surface area contributed by atoms with Crippen LogP contribution in [0.15, 0.2) is 53.1 Å². The second-order valence-electron chi connectivity index (χ2n) is 8.34. The van der Waals surface area contributed by atoms with Gasteiger partial charge < -0.3 is 4.42 Å². The van der Waals surface area contributed by atoms with Gasteiger partial charge in [0.15, 0.2) is 6.20 Å². The summed E-state index contributed by atoms with van der Waals surface area (Å²) in [4.78, 5) is 0. The van der Waals surface area contributed by atoms with Crippen LogP contribution in [0.5, 0.6) is 0 Å². The van der Waals surface area contributed by atoms with E-state index in [2.05, 4.69) is 61.1 Å². The molecule has 2 aromatic heterocycles. The standard InChI is InChI=1S/C26H25N2O/c1-17-12-22-23-13-19(16-27)21(18-8-4-3-5-9-18)15-26(23)29-25(22)14-20(17)24-10-6-7-11-28(24)2/h6-7,10-15,18H,3-5,8-9H2,1-2H3/q+1. The Morgan fingerprint density at radius 1 is 1.00 bits per heavy atom. The Balaban J connectivity index is 1.71. The topological polar surface area (TPSA) is 40.8 Å². The van der Waals surface area contributed by atoms with Gasteiger partial charge in [-0.3, -0.25) is 0 Å². The maximum Gasteiger partial charge on any atom is 0.212 e. The number of hydrogen-bond acceptors (Lipinski definition) is 2. The molecule has 0 unspecified atom stereocenters. The van der Waals surface area contributed by atoms with Crippen LogP contribution in [0.1, 0.15) is 54.7 Å². The van der Waals surface area contributed by atoms with E-state index >= 15 is 0 Å². The SMILES string of the molecule is Cc1cc2c(cc1-c1cccc[n+]1C)oc1cc(C3CCCCC3)c(C#N)cc12. The maximum atomic E-state index is 9.81. The molecular formula is C26H25N2O+. The molecule has 0 spiro atoms. The van der Waals surface area contributed by atoms with Crippen molar-refractivity contribution in [1.82, 2.24) is 0 Å². The highest BCUT2D eigenvalue weighted by molar-refractivity contribution is 6.07. The lowest BCUT2D eigenvalue weighted by atomic mass is 9.82. The summed E-state index contributed by atoms with van der Waals surface area (Å²) in [5.74, 6) is 0.483. The van der Waals surface area contributed by atoms with E-state index in [1.807, 2.05) is 12.1 Å². The minimum Gasteiger partial charge on any atom is -0.456 e. The quantitative estimate of drug-likeness (QED) is 0.382. The molecule has 0 bridgehead atoms. The maximum absolute atomic E-state index is 9.81. The van der Waals surface area contributed by atoms with Crippen LogP contribution in [0.2, 0.25) is 0 Å².